The number of rotatable bonds is 4. The molecule has 1 fully saturated rings. The van der Waals surface area contributed by atoms with Crippen molar-refractivity contribution in [2.45, 2.75) is 33.2 Å². The fourth-order valence-corrected chi connectivity index (χ4v) is 4.47. The van der Waals surface area contributed by atoms with E-state index in [0.717, 1.165) is 23.1 Å². The summed E-state index contributed by atoms with van der Waals surface area (Å²) in [6, 6.07) is 8.27. The van der Waals surface area contributed by atoms with Crippen LogP contribution in [0, 0.1) is 12.8 Å². The maximum absolute atomic E-state index is 6.00. The predicted molar refractivity (Wildman–Crippen MR) is 108 cm³/mol. The van der Waals surface area contributed by atoms with Crippen LogP contribution in [0.3, 0.4) is 0 Å². The molecule has 26 heavy (non-hydrogen) atoms. The first kappa shape index (κ1) is 17.6. The van der Waals surface area contributed by atoms with Crippen LogP contribution in [0.15, 0.2) is 24.3 Å². The highest BCUT2D eigenvalue weighted by atomic mass is 35.5. The van der Waals surface area contributed by atoms with Crippen LogP contribution in [0.25, 0.3) is 10.2 Å². The van der Waals surface area contributed by atoms with Crippen LogP contribution in [0.1, 0.15) is 31.2 Å². The zero-order chi connectivity index (χ0) is 18.1. The van der Waals surface area contributed by atoms with Crippen molar-refractivity contribution in [2.75, 3.05) is 18.4 Å². The maximum Gasteiger partial charge on any atom is 0.189 e. The third-order valence-corrected chi connectivity index (χ3v) is 5.90. The summed E-state index contributed by atoms with van der Waals surface area (Å²) in [5.41, 5.74) is 2.36. The minimum atomic E-state index is 0.430. The van der Waals surface area contributed by atoms with Gasteiger partial charge in [-0.25, -0.2) is 15.0 Å². The van der Waals surface area contributed by atoms with Crippen LogP contribution < -0.4 is 5.32 Å². The van der Waals surface area contributed by atoms with Crippen molar-refractivity contribution in [1.82, 2.24) is 19.9 Å². The second-order valence-electron chi connectivity index (χ2n) is 7.03. The van der Waals surface area contributed by atoms with Crippen LogP contribution >= 0.6 is 22.9 Å². The van der Waals surface area contributed by atoms with E-state index in [1.54, 1.807) is 17.4 Å². The molecule has 136 valence electrons. The van der Waals surface area contributed by atoms with E-state index in [1.165, 1.54) is 36.2 Å². The quantitative estimate of drug-likeness (QED) is 0.636. The second kappa shape index (κ2) is 7.47. The molecule has 0 atom stereocenters. The SMILES string of the molecule is Cc1nc(Cl)cc(Nc2nc3ccc(CN4CCC(C)CC4)cc3s2)n1. The van der Waals surface area contributed by atoms with Gasteiger partial charge in [0.25, 0.3) is 0 Å². The highest BCUT2D eigenvalue weighted by Gasteiger charge is 2.16. The molecule has 0 amide bonds. The van der Waals surface area contributed by atoms with Gasteiger partial charge in [0, 0.05) is 12.6 Å². The number of thiazole rings is 1. The number of likely N-dealkylation sites (tertiary alicyclic amines) is 1. The fourth-order valence-electron chi connectivity index (χ4n) is 3.30. The monoisotopic (exact) mass is 387 g/mol. The number of benzene rings is 1. The zero-order valence-corrected chi connectivity index (χ0v) is 16.6. The van der Waals surface area contributed by atoms with E-state index in [4.69, 9.17) is 11.6 Å². The molecule has 0 unspecified atom stereocenters. The molecule has 4 rings (SSSR count). The van der Waals surface area contributed by atoms with Gasteiger partial charge < -0.3 is 5.32 Å². The normalized spacial score (nSPS) is 16.3. The zero-order valence-electron chi connectivity index (χ0n) is 15.0. The Bertz CT molecular complexity index is 897. The van der Waals surface area contributed by atoms with E-state index in [9.17, 15) is 0 Å². The van der Waals surface area contributed by atoms with Crippen molar-refractivity contribution in [3.63, 3.8) is 0 Å². The lowest BCUT2D eigenvalue weighted by atomic mass is 9.99. The number of hydrogen-bond acceptors (Lipinski definition) is 6. The maximum atomic E-state index is 6.00. The van der Waals surface area contributed by atoms with E-state index in [2.05, 4.69) is 50.3 Å². The Morgan fingerprint density at radius 1 is 1.19 bits per heavy atom. The standard InChI is InChI=1S/C19H22ClN5S/c1-12-5-7-25(8-6-12)11-14-3-4-15-16(9-14)26-19(23-15)24-18-10-17(20)21-13(2)22-18/h3-4,9-10,12H,5-8,11H2,1-2H3,(H,21,22,23,24). The largest absolute Gasteiger partial charge is 0.316 e. The van der Waals surface area contributed by atoms with Crippen molar-refractivity contribution >= 4 is 44.1 Å². The summed E-state index contributed by atoms with van der Waals surface area (Å²) in [5, 5.41) is 4.49. The van der Waals surface area contributed by atoms with Gasteiger partial charge in [-0.2, -0.15) is 0 Å². The lowest BCUT2D eigenvalue weighted by Crippen LogP contribution is -2.32. The first-order valence-corrected chi connectivity index (χ1v) is 10.1. The molecule has 1 aliphatic heterocycles. The summed E-state index contributed by atoms with van der Waals surface area (Å²) in [6.07, 6.45) is 2.61. The first-order valence-electron chi connectivity index (χ1n) is 8.95. The minimum Gasteiger partial charge on any atom is -0.316 e. The number of anilines is 2. The van der Waals surface area contributed by atoms with Gasteiger partial charge in [-0.05, 0) is 56.5 Å². The van der Waals surface area contributed by atoms with Gasteiger partial charge in [0.15, 0.2) is 5.13 Å². The summed E-state index contributed by atoms with van der Waals surface area (Å²) in [5.74, 6) is 2.17. The van der Waals surface area contributed by atoms with Crippen molar-refractivity contribution in [2.24, 2.45) is 5.92 Å². The predicted octanol–water partition coefficient (Wildman–Crippen LogP) is 5.02. The molecule has 7 heteroatoms. The summed E-state index contributed by atoms with van der Waals surface area (Å²) in [4.78, 5) is 15.6. The number of halogens is 1. The number of hydrogen-bond donors (Lipinski definition) is 1. The molecule has 1 aliphatic rings. The summed E-state index contributed by atoms with van der Waals surface area (Å²) < 4.78 is 1.19. The molecule has 1 aromatic carbocycles. The lowest BCUT2D eigenvalue weighted by molar-refractivity contribution is 0.185. The molecule has 3 heterocycles. The number of fused-ring (bicyclic) bond motifs is 1. The summed E-state index contributed by atoms with van der Waals surface area (Å²) >= 11 is 7.64. The van der Waals surface area contributed by atoms with Crippen LogP contribution in [0.4, 0.5) is 10.9 Å². The summed E-state index contributed by atoms with van der Waals surface area (Å²) in [7, 11) is 0. The molecule has 3 aromatic rings. The van der Waals surface area contributed by atoms with E-state index in [1.807, 2.05) is 6.92 Å². The van der Waals surface area contributed by atoms with E-state index >= 15 is 0 Å². The number of aromatic nitrogens is 3. The van der Waals surface area contributed by atoms with Crippen molar-refractivity contribution in [3.05, 3.63) is 40.8 Å². The lowest BCUT2D eigenvalue weighted by Gasteiger charge is -2.30. The molecule has 5 nitrogen and oxygen atoms in total. The Hall–Kier alpha value is -1.76. The molecule has 1 saturated heterocycles. The molecule has 0 spiro atoms. The van der Waals surface area contributed by atoms with Crippen molar-refractivity contribution < 1.29 is 0 Å². The van der Waals surface area contributed by atoms with Gasteiger partial charge in [0.05, 0.1) is 10.2 Å². The Labute approximate surface area is 162 Å². The Morgan fingerprint density at radius 3 is 2.77 bits per heavy atom. The average Bonchev–Trinajstić information content (AvgIpc) is 2.97. The van der Waals surface area contributed by atoms with Gasteiger partial charge in [-0.3, -0.25) is 4.90 Å². The molecular formula is C19H22ClN5S. The van der Waals surface area contributed by atoms with Gasteiger partial charge in [0.2, 0.25) is 0 Å². The van der Waals surface area contributed by atoms with Crippen molar-refractivity contribution in [1.29, 1.82) is 0 Å². The van der Waals surface area contributed by atoms with Gasteiger partial charge in [0.1, 0.15) is 16.8 Å². The number of aryl methyl sites for hydroxylation is 1. The van der Waals surface area contributed by atoms with Gasteiger partial charge >= 0.3 is 0 Å². The molecule has 0 saturated carbocycles. The van der Waals surface area contributed by atoms with Gasteiger partial charge in [-0.15, -0.1) is 0 Å². The molecule has 0 aliphatic carbocycles. The highest BCUT2D eigenvalue weighted by Crippen LogP contribution is 2.29. The third kappa shape index (κ3) is 4.14. The van der Waals surface area contributed by atoms with Gasteiger partial charge in [-0.1, -0.05) is 35.9 Å². The molecule has 0 radical (unpaired) electrons. The summed E-state index contributed by atoms with van der Waals surface area (Å²) in [6.45, 7) is 7.58. The number of nitrogens with zero attached hydrogens (tertiary/aromatic N) is 4. The third-order valence-electron chi connectivity index (χ3n) is 4.78. The second-order valence-corrected chi connectivity index (χ2v) is 8.45. The van der Waals surface area contributed by atoms with Crippen LogP contribution in [-0.4, -0.2) is 32.9 Å². The average molecular weight is 388 g/mol. The molecule has 0 bridgehead atoms. The first-order chi connectivity index (χ1) is 12.5. The molecule has 2 aromatic heterocycles. The number of nitrogens with one attached hydrogen (secondary N) is 1. The minimum absolute atomic E-state index is 0.430. The fraction of sp³-hybridized carbons (Fsp3) is 0.421. The van der Waals surface area contributed by atoms with E-state index in [0.29, 0.717) is 16.8 Å². The smallest absolute Gasteiger partial charge is 0.189 e. The van der Waals surface area contributed by atoms with Crippen molar-refractivity contribution in [3.8, 4) is 0 Å². The Balaban J connectivity index is 1.50. The van der Waals surface area contributed by atoms with Crippen LogP contribution in [-0.2, 0) is 6.54 Å². The van der Waals surface area contributed by atoms with Crippen LogP contribution in [0.2, 0.25) is 5.15 Å². The molecule has 1 N–H and O–H groups in total. The Morgan fingerprint density at radius 2 is 2.00 bits per heavy atom. The van der Waals surface area contributed by atoms with E-state index in [-0.39, 0.29) is 0 Å². The van der Waals surface area contributed by atoms with E-state index < -0.39 is 0 Å². The Kier molecular flexibility index (Phi) is 5.07. The highest BCUT2D eigenvalue weighted by molar-refractivity contribution is 7.22. The molecular weight excluding hydrogens is 366 g/mol. The number of piperidine rings is 1. The topological polar surface area (TPSA) is 53.9 Å². The van der Waals surface area contributed by atoms with Crippen LogP contribution in [0.5, 0.6) is 0 Å².